The van der Waals surface area contributed by atoms with E-state index in [1.807, 2.05) is 49.1 Å². The summed E-state index contributed by atoms with van der Waals surface area (Å²) in [5.74, 6) is -2.89. The highest BCUT2D eigenvalue weighted by Crippen LogP contribution is 2.33. The molecule has 13 heteroatoms. The zero-order chi connectivity index (χ0) is 37.1. The van der Waals surface area contributed by atoms with Gasteiger partial charge in [-0.05, 0) is 80.7 Å². The number of piperidine rings is 1. The van der Waals surface area contributed by atoms with Gasteiger partial charge < -0.3 is 37.2 Å². The lowest BCUT2D eigenvalue weighted by molar-refractivity contribution is -0.159. The lowest BCUT2D eigenvalue weighted by Gasteiger charge is -2.56. The predicted octanol–water partition coefficient (Wildman–Crippen LogP) is 1.59. The third-order valence-electron chi connectivity index (χ3n) is 9.73. The number of likely N-dealkylation sites (tertiary alicyclic amines) is 2. The van der Waals surface area contributed by atoms with E-state index >= 15 is 0 Å². The highest BCUT2D eigenvalue weighted by Gasteiger charge is 2.49. The number of Topliss-reactive ketones (excluding diaryl/α,β-unsaturated/α-hetero) is 1. The maximum atomic E-state index is 14.0. The summed E-state index contributed by atoms with van der Waals surface area (Å²) in [5.41, 5.74) is 13.6. The molecule has 0 aromatic heterocycles. The van der Waals surface area contributed by atoms with Crippen LogP contribution in [0, 0.1) is 11.8 Å². The van der Waals surface area contributed by atoms with Gasteiger partial charge >= 0.3 is 5.97 Å². The number of ketones is 1. The molecule has 6 atom stereocenters. The Morgan fingerprint density at radius 3 is 2.10 bits per heavy atom. The molecule has 3 amide bonds. The maximum Gasteiger partial charge on any atom is 0.317 e. The first-order valence-electron chi connectivity index (χ1n) is 18.0. The van der Waals surface area contributed by atoms with Crippen molar-refractivity contribution in [2.75, 3.05) is 26.2 Å². The minimum atomic E-state index is -0.951. The number of phenols is 1. The molecular formula is C38H54N6O7. The SMILES string of the molecule is CC(C)CC(CC(=O)C(Cc1ccccc1)NC(=O)C(N)Cc1ccc(O)cc1)C(=O)NC(CCCCN)C(=O)N1C2CC1CN(CC(=O)O)C2. The van der Waals surface area contributed by atoms with E-state index in [1.54, 1.807) is 17.0 Å². The predicted molar refractivity (Wildman–Crippen MR) is 192 cm³/mol. The molecule has 8 N–H and O–H groups in total. The molecular weight excluding hydrogens is 652 g/mol. The summed E-state index contributed by atoms with van der Waals surface area (Å²) in [6.07, 6.45) is 3.17. The summed E-state index contributed by atoms with van der Waals surface area (Å²) in [5, 5.41) is 24.7. The van der Waals surface area contributed by atoms with E-state index in [1.165, 1.54) is 12.1 Å². The number of aliphatic carboxylic acids is 1. The second-order valence-electron chi connectivity index (χ2n) is 14.4. The average Bonchev–Trinajstić information content (AvgIpc) is 3.08. The number of phenolic OH excluding ortho intramolecular Hbond substituents is 1. The Morgan fingerprint density at radius 1 is 0.863 bits per heavy atom. The van der Waals surface area contributed by atoms with Crippen molar-refractivity contribution < 1.29 is 34.2 Å². The normalized spacial score (nSPS) is 19.4. The lowest BCUT2D eigenvalue weighted by atomic mass is 9.85. The number of nitrogens with one attached hydrogen (secondary N) is 2. The number of amides is 3. The topological polar surface area (TPSA) is 208 Å². The largest absolute Gasteiger partial charge is 0.508 e. The van der Waals surface area contributed by atoms with Gasteiger partial charge in [-0.1, -0.05) is 56.3 Å². The zero-order valence-corrected chi connectivity index (χ0v) is 29.7. The van der Waals surface area contributed by atoms with E-state index in [4.69, 9.17) is 11.5 Å². The van der Waals surface area contributed by atoms with Crippen molar-refractivity contribution in [3.8, 4) is 5.75 Å². The molecule has 6 unspecified atom stereocenters. The monoisotopic (exact) mass is 706 g/mol. The van der Waals surface area contributed by atoms with Crippen molar-refractivity contribution in [2.24, 2.45) is 23.3 Å². The van der Waals surface area contributed by atoms with E-state index in [9.17, 15) is 34.2 Å². The van der Waals surface area contributed by atoms with Crippen LogP contribution in [0.3, 0.4) is 0 Å². The summed E-state index contributed by atoms with van der Waals surface area (Å²) >= 11 is 0. The fourth-order valence-electron chi connectivity index (χ4n) is 7.19. The molecule has 0 saturated carbocycles. The number of fused-ring (bicyclic) bond motifs is 2. The van der Waals surface area contributed by atoms with E-state index in [-0.39, 0.29) is 61.2 Å². The molecule has 2 saturated heterocycles. The molecule has 2 aromatic carbocycles. The molecule has 51 heavy (non-hydrogen) atoms. The molecule has 2 fully saturated rings. The van der Waals surface area contributed by atoms with Crippen molar-refractivity contribution >= 4 is 29.5 Å². The Bertz CT molecular complexity index is 1480. The number of carbonyl (C=O) groups is 5. The number of unbranched alkanes of at least 4 members (excludes halogenated alkanes) is 1. The quantitative estimate of drug-likeness (QED) is 0.110. The van der Waals surface area contributed by atoms with E-state index in [2.05, 4.69) is 10.6 Å². The van der Waals surface area contributed by atoms with Gasteiger partial charge in [0.05, 0.1) is 18.6 Å². The molecule has 2 bridgehead atoms. The zero-order valence-electron chi connectivity index (χ0n) is 29.7. The fourth-order valence-corrected chi connectivity index (χ4v) is 7.19. The van der Waals surface area contributed by atoms with Crippen molar-refractivity contribution in [1.82, 2.24) is 20.4 Å². The molecule has 0 radical (unpaired) electrons. The number of benzene rings is 2. The summed E-state index contributed by atoms with van der Waals surface area (Å²) in [7, 11) is 0. The Kier molecular flexibility index (Phi) is 14.5. The second-order valence-corrected chi connectivity index (χ2v) is 14.4. The average molecular weight is 707 g/mol. The smallest absolute Gasteiger partial charge is 0.317 e. The van der Waals surface area contributed by atoms with Crippen LogP contribution in [-0.4, -0.2) is 106 Å². The molecule has 0 aliphatic carbocycles. The van der Waals surface area contributed by atoms with Gasteiger partial charge in [-0.3, -0.25) is 28.9 Å². The standard InChI is InChI=1S/C38H54N6O7/c1-24(2)16-27(36(49)41-32(10-6-7-15-39)38(51)44-28-20-29(44)22-43(21-28)23-35(47)48)19-34(46)33(18-25-8-4-3-5-9-25)42-37(50)31(40)17-26-11-13-30(45)14-12-26/h3-5,8-9,11-14,24,27-29,31-33,45H,6-7,10,15-23,39-40H2,1-2H3,(H,41,49)(H,42,50)(H,47,48). The van der Waals surface area contributed by atoms with Crippen LogP contribution in [0.5, 0.6) is 5.75 Å². The number of hydrogen-bond donors (Lipinski definition) is 6. The highest BCUT2D eigenvalue weighted by molar-refractivity contribution is 5.95. The molecule has 13 nitrogen and oxygen atoms in total. The van der Waals surface area contributed by atoms with Crippen LogP contribution >= 0.6 is 0 Å². The van der Waals surface area contributed by atoms with Crippen LogP contribution in [0.1, 0.15) is 63.5 Å². The first kappa shape index (κ1) is 39.5. The Labute approximate surface area is 300 Å². The van der Waals surface area contributed by atoms with E-state index in [0.29, 0.717) is 45.3 Å². The molecule has 2 aromatic rings. The van der Waals surface area contributed by atoms with E-state index < -0.39 is 41.8 Å². The van der Waals surface area contributed by atoms with Crippen LogP contribution in [0.15, 0.2) is 54.6 Å². The number of piperazine rings is 1. The fraction of sp³-hybridized carbons (Fsp3) is 0.553. The number of aromatic hydroxyl groups is 1. The number of carbonyl (C=O) groups excluding carboxylic acids is 4. The third kappa shape index (κ3) is 11.6. The number of carboxylic acid groups (broad SMARTS) is 1. The van der Waals surface area contributed by atoms with Crippen LogP contribution in [0.4, 0.5) is 0 Å². The number of carboxylic acids is 1. The number of hydrogen-bond acceptors (Lipinski definition) is 9. The molecule has 0 spiro atoms. The highest BCUT2D eigenvalue weighted by atomic mass is 16.4. The van der Waals surface area contributed by atoms with Crippen LogP contribution in [-0.2, 0) is 36.8 Å². The van der Waals surface area contributed by atoms with Gasteiger partial charge in [0.1, 0.15) is 11.8 Å². The minimum absolute atomic E-state index is 0.0656. The first-order chi connectivity index (χ1) is 24.3. The minimum Gasteiger partial charge on any atom is -0.508 e. The summed E-state index contributed by atoms with van der Waals surface area (Å²) in [6, 6.07) is 12.8. The summed E-state index contributed by atoms with van der Waals surface area (Å²) in [6.45, 7) is 5.23. The van der Waals surface area contributed by atoms with Crippen LogP contribution < -0.4 is 22.1 Å². The summed E-state index contributed by atoms with van der Waals surface area (Å²) < 4.78 is 0. The Balaban J connectivity index is 1.47. The molecule has 2 aliphatic rings. The van der Waals surface area contributed by atoms with Gasteiger partial charge in [-0.15, -0.1) is 0 Å². The van der Waals surface area contributed by atoms with Gasteiger partial charge in [0.15, 0.2) is 5.78 Å². The number of nitrogens with two attached hydrogens (primary N) is 2. The lowest BCUT2D eigenvalue weighted by Crippen LogP contribution is -2.72. The maximum absolute atomic E-state index is 14.0. The van der Waals surface area contributed by atoms with Crippen molar-refractivity contribution in [2.45, 2.75) is 95.4 Å². The molecule has 278 valence electrons. The van der Waals surface area contributed by atoms with Crippen molar-refractivity contribution in [1.29, 1.82) is 0 Å². The number of rotatable bonds is 20. The molecule has 4 rings (SSSR count). The van der Waals surface area contributed by atoms with Crippen molar-refractivity contribution in [3.63, 3.8) is 0 Å². The first-order valence-corrected chi connectivity index (χ1v) is 18.0. The van der Waals surface area contributed by atoms with Gasteiger partial charge in [0.25, 0.3) is 0 Å². The summed E-state index contributed by atoms with van der Waals surface area (Å²) in [4.78, 5) is 70.1. The third-order valence-corrected chi connectivity index (χ3v) is 9.73. The van der Waals surface area contributed by atoms with Gasteiger partial charge in [0, 0.05) is 37.5 Å². The Hall–Kier alpha value is -4.33. The van der Waals surface area contributed by atoms with Gasteiger partial charge in [0.2, 0.25) is 17.7 Å². The van der Waals surface area contributed by atoms with Gasteiger partial charge in [-0.25, -0.2) is 0 Å². The van der Waals surface area contributed by atoms with E-state index in [0.717, 1.165) is 17.5 Å². The van der Waals surface area contributed by atoms with Crippen LogP contribution in [0.25, 0.3) is 0 Å². The van der Waals surface area contributed by atoms with Gasteiger partial charge in [-0.2, -0.15) is 0 Å². The Morgan fingerprint density at radius 2 is 1.49 bits per heavy atom. The van der Waals surface area contributed by atoms with Crippen molar-refractivity contribution in [3.05, 3.63) is 65.7 Å². The molecule has 2 aliphatic heterocycles. The van der Waals surface area contributed by atoms with Crippen LogP contribution in [0.2, 0.25) is 0 Å². The molecule has 2 heterocycles. The number of nitrogens with zero attached hydrogens (tertiary/aromatic N) is 2. The second kappa shape index (κ2) is 18.8.